The van der Waals surface area contributed by atoms with Crippen molar-refractivity contribution in [1.82, 2.24) is 19.2 Å². The molecule has 0 radical (unpaired) electrons. The number of benzene rings is 1. The van der Waals surface area contributed by atoms with Crippen molar-refractivity contribution in [3.8, 4) is 5.69 Å². The van der Waals surface area contributed by atoms with E-state index in [0.717, 1.165) is 5.69 Å². The van der Waals surface area contributed by atoms with Gasteiger partial charge in [-0.1, -0.05) is 0 Å². The van der Waals surface area contributed by atoms with Crippen LogP contribution >= 0.6 is 0 Å². The maximum Gasteiger partial charge on any atom is 0.251 e. The van der Waals surface area contributed by atoms with Gasteiger partial charge < -0.3 is 14.6 Å². The summed E-state index contributed by atoms with van der Waals surface area (Å²) in [7, 11) is -3.24. The molecular formula is C16H20N4O4S. The predicted molar refractivity (Wildman–Crippen MR) is 92.1 cm³/mol. The first-order valence-electron chi connectivity index (χ1n) is 7.87. The molecular weight excluding hydrogens is 344 g/mol. The lowest BCUT2D eigenvalue weighted by molar-refractivity contribution is 0.000438. The number of ether oxygens (including phenoxy) is 1. The second kappa shape index (κ2) is 7.34. The number of carbonyl (C=O) groups is 1. The molecule has 1 amide bonds. The standard InChI is InChI=1S/C16H20N4O4S/c1-25(22,23)20-8-9-24-15(11-20)10-18-16(21)13-2-4-14(5-3-13)19-7-6-17-12-19/h2-7,12,15H,8-11H2,1H3,(H,18,21)/t15-/m0/s1. The van der Waals surface area contributed by atoms with Crippen LogP contribution in [0.25, 0.3) is 5.69 Å². The van der Waals surface area contributed by atoms with Crippen molar-refractivity contribution < 1.29 is 17.9 Å². The minimum absolute atomic E-state index is 0.225. The Kier molecular flexibility index (Phi) is 5.16. The molecule has 1 atom stereocenters. The van der Waals surface area contributed by atoms with Gasteiger partial charge >= 0.3 is 0 Å². The summed E-state index contributed by atoms with van der Waals surface area (Å²) in [6, 6.07) is 7.13. The molecule has 0 aliphatic carbocycles. The first-order chi connectivity index (χ1) is 11.9. The molecule has 1 N–H and O–H groups in total. The first-order valence-corrected chi connectivity index (χ1v) is 9.71. The lowest BCUT2D eigenvalue weighted by Crippen LogP contribution is -2.49. The highest BCUT2D eigenvalue weighted by molar-refractivity contribution is 7.88. The zero-order valence-corrected chi connectivity index (χ0v) is 14.6. The third-order valence-electron chi connectivity index (χ3n) is 3.99. The Balaban J connectivity index is 1.55. The Morgan fingerprint density at radius 1 is 1.36 bits per heavy atom. The van der Waals surface area contributed by atoms with Gasteiger partial charge in [0.2, 0.25) is 10.0 Å². The van der Waals surface area contributed by atoms with E-state index in [4.69, 9.17) is 4.74 Å². The fourth-order valence-electron chi connectivity index (χ4n) is 2.62. The smallest absolute Gasteiger partial charge is 0.251 e. The zero-order valence-electron chi connectivity index (χ0n) is 13.8. The molecule has 3 rings (SSSR count). The van der Waals surface area contributed by atoms with Crippen molar-refractivity contribution in [2.24, 2.45) is 0 Å². The number of imidazole rings is 1. The van der Waals surface area contributed by atoms with Gasteiger partial charge in [-0.2, -0.15) is 4.31 Å². The maximum absolute atomic E-state index is 12.2. The number of hydrogen-bond acceptors (Lipinski definition) is 5. The molecule has 1 aromatic carbocycles. The molecule has 0 saturated carbocycles. The van der Waals surface area contributed by atoms with E-state index < -0.39 is 10.0 Å². The van der Waals surface area contributed by atoms with Crippen LogP contribution in [0.3, 0.4) is 0 Å². The Morgan fingerprint density at radius 2 is 2.12 bits per heavy atom. The average Bonchev–Trinajstić information content (AvgIpc) is 3.14. The van der Waals surface area contributed by atoms with E-state index in [1.54, 1.807) is 24.7 Å². The number of hydrogen-bond donors (Lipinski definition) is 1. The molecule has 1 aliphatic rings. The number of rotatable bonds is 5. The quantitative estimate of drug-likeness (QED) is 0.822. The van der Waals surface area contributed by atoms with Gasteiger partial charge in [-0.3, -0.25) is 4.79 Å². The summed E-state index contributed by atoms with van der Waals surface area (Å²) in [6.45, 7) is 1.18. The van der Waals surface area contributed by atoms with Crippen molar-refractivity contribution >= 4 is 15.9 Å². The van der Waals surface area contributed by atoms with Gasteiger partial charge in [0.15, 0.2) is 0 Å². The molecule has 1 aliphatic heterocycles. The van der Waals surface area contributed by atoms with Crippen molar-refractivity contribution in [3.63, 3.8) is 0 Å². The average molecular weight is 364 g/mol. The Morgan fingerprint density at radius 3 is 2.76 bits per heavy atom. The van der Waals surface area contributed by atoms with Crippen LogP contribution in [0.4, 0.5) is 0 Å². The molecule has 1 aromatic heterocycles. The van der Waals surface area contributed by atoms with Crippen molar-refractivity contribution in [3.05, 3.63) is 48.5 Å². The van der Waals surface area contributed by atoms with Crippen LogP contribution in [-0.4, -0.2) is 66.8 Å². The van der Waals surface area contributed by atoms with Gasteiger partial charge in [0.1, 0.15) is 0 Å². The van der Waals surface area contributed by atoms with Crippen LogP contribution in [-0.2, 0) is 14.8 Å². The number of nitrogens with one attached hydrogen (secondary N) is 1. The highest BCUT2D eigenvalue weighted by Gasteiger charge is 2.26. The highest BCUT2D eigenvalue weighted by atomic mass is 32.2. The first kappa shape index (κ1) is 17.6. The van der Waals surface area contributed by atoms with E-state index in [2.05, 4.69) is 10.3 Å². The van der Waals surface area contributed by atoms with E-state index in [1.165, 1.54) is 10.6 Å². The second-order valence-corrected chi connectivity index (χ2v) is 7.82. The maximum atomic E-state index is 12.2. The topological polar surface area (TPSA) is 93.5 Å². The number of nitrogens with zero attached hydrogens (tertiary/aromatic N) is 3. The normalized spacial score (nSPS) is 18.8. The van der Waals surface area contributed by atoms with Crippen molar-refractivity contribution in [2.75, 3.05) is 32.5 Å². The zero-order chi connectivity index (χ0) is 17.9. The van der Waals surface area contributed by atoms with E-state index >= 15 is 0 Å². The number of aromatic nitrogens is 2. The molecule has 2 heterocycles. The summed E-state index contributed by atoms with van der Waals surface area (Å²) in [5, 5.41) is 2.79. The highest BCUT2D eigenvalue weighted by Crippen LogP contribution is 2.11. The Labute approximate surface area is 146 Å². The van der Waals surface area contributed by atoms with Crippen LogP contribution in [0.2, 0.25) is 0 Å². The molecule has 0 bridgehead atoms. The molecule has 1 fully saturated rings. The molecule has 1 saturated heterocycles. The minimum atomic E-state index is -3.24. The molecule has 0 unspecified atom stereocenters. The lowest BCUT2D eigenvalue weighted by atomic mass is 10.2. The van der Waals surface area contributed by atoms with Crippen LogP contribution in [0, 0.1) is 0 Å². The lowest BCUT2D eigenvalue weighted by Gasteiger charge is -2.31. The fourth-order valence-corrected chi connectivity index (χ4v) is 3.47. The Hall–Kier alpha value is -2.23. The van der Waals surface area contributed by atoms with Gasteiger partial charge in [0.05, 0.1) is 25.3 Å². The van der Waals surface area contributed by atoms with Gasteiger partial charge in [-0.05, 0) is 24.3 Å². The molecule has 0 spiro atoms. The van der Waals surface area contributed by atoms with E-state index in [0.29, 0.717) is 18.7 Å². The van der Waals surface area contributed by atoms with Gasteiger partial charge in [-0.25, -0.2) is 13.4 Å². The fraction of sp³-hybridized carbons (Fsp3) is 0.375. The minimum Gasteiger partial charge on any atom is -0.374 e. The molecule has 9 heteroatoms. The SMILES string of the molecule is CS(=O)(=O)N1CCO[C@@H](CNC(=O)c2ccc(-n3ccnc3)cc2)C1. The van der Waals surface area contributed by atoms with Crippen molar-refractivity contribution in [2.45, 2.75) is 6.10 Å². The summed E-state index contributed by atoms with van der Waals surface area (Å²) in [4.78, 5) is 16.2. The van der Waals surface area contributed by atoms with Crippen LogP contribution in [0.15, 0.2) is 43.0 Å². The van der Waals surface area contributed by atoms with Crippen molar-refractivity contribution in [1.29, 1.82) is 0 Å². The largest absolute Gasteiger partial charge is 0.374 e. The molecule has 2 aromatic rings. The van der Waals surface area contributed by atoms with E-state index in [1.807, 2.05) is 22.9 Å². The van der Waals surface area contributed by atoms with Crippen LogP contribution in [0.1, 0.15) is 10.4 Å². The Bertz CT molecular complexity index is 818. The summed E-state index contributed by atoms with van der Waals surface area (Å²) in [5.41, 5.74) is 1.44. The van der Waals surface area contributed by atoms with E-state index in [9.17, 15) is 13.2 Å². The number of sulfonamides is 1. The summed E-state index contributed by atoms with van der Waals surface area (Å²) < 4.78 is 31.9. The third kappa shape index (κ3) is 4.44. The number of morpholine rings is 1. The molecule has 134 valence electrons. The monoisotopic (exact) mass is 364 g/mol. The van der Waals surface area contributed by atoms with Crippen LogP contribution < -0.4 is 5.32 Å². The van der Waals surface area contributed by atoms with Gasteiger partial charge in [0.25, 0.3) is 5.91 Å². The summed E-state index contributed by atoms with van der Waals surface area (Å²) >= 11 is 0. The van der Waals surface area contributed by atoms with E-state index in [-0.39, 0.29) is 25.1 Å². The number of carbonyl (C=O) groups excluding carboxylic acids is 1. The molecule has 8 nitrogen and oxygen atoms in total. The van der Waals surface area contributed by atoms with Gasteiger partial charge in [0, 0.05) is 43.3 Å². The van der Waals surface area contributed by atoms with Gasteiger partial charge in [-0.15, -0.1) is 0 Å². The predicted octanol–water partition coefficient (Wildman–Crippen LogP) is 0.263. The second-order valence-electron chi connectivity index (χ2n) is 5.84. The van der Waals surface area contributed by atoms with Crippen LogP contribution in [0.5, 0.6) is 0 Å². The number of amides is 1. The summed E-state index contributed by atoms with van der Waals surface area (Å²) in [6.07, 6.45) is 6.02. The summed E-state index contributed by atoms with van der Waals surface area (Å²) in [5.74, 6) is -0.225. The molecule has 25 heavy (non-hydrogen) atoms. The third-order valence-corrected chi connectivity index (χ3v) is 5.26.